The molecule has 1 aliphatic rings. The van der Waals surface area contributed by atoms with Crippen molar-refractivity contribution in [3.8, 4) is 11.4 Å². The van der Waals surface area contributed by atoms with E-state index in [0.717, 1.165) is 16.8 Å². The molecule has 12 heteroatoms. The van der Waals surface area contributed by atoms with Crippen LogP contribution in [0.15, 0.2) is 45.7 Å². The molecule has 1 fully saturated rings. The van der Waals surface area contributed by atoms with Crippen LogP contribution in [0.2, 0.25) is 0 Å². The molecule has 32 heavy (non-hydrogen) atoms. The number of aryl methyl sites for hydroxylation is 1. The molecule has 4 rings (SSSR count). The van der Waals surface area contributed by atoms with Gasteiger partial charge in [-0.15, -0.1) is 0 Å². The highest BCUT2D eigenvalue weighted by molar-refractivity contribution is 5.92. The maximum atomic E-state index is 12.9. The van der Waals surface area contributed by atoms with Gasteiger partial charge < -0.3 is 9.42 Å². The molecule has 168 valence electrons. The molecular formula is C20H19F3N6O3. The highest BCUT2D eigenvalue weighted by Gasteiger charge is 2.31. The van der Waals surface area contributed by atoms with Crippen molar-refractivity contribution in [2.75, 3.05) is 26.2 Å². The van der Waals surface area contributed by atoms with E-state index in [1.165, 1.54) is 31.3 Å². The van der Waals surface area contributed by atoms with Crippen molar-refractivity contribution in [3.63, 3.8) is 0 Å². The van der Waals surface area contributed by atoms with Gasteiger partial charge in [0.2, 0.25) is 11.7 Å². The Morgan fingerprint density at radius 2 is 1.88 bits per heavy atom. The van der Waals surface area contributed by atoms with Crippen molar-refractivity contribution in [3.05, 3.63) is 63.9 Å². The molecule has 0 saturated carbocycles. The van der Waals surface area contributed by atoms with Gasteiger partial charge in [-0.25, -0.2) is 4.68 Å². The summed E-state index contributed by atoms with van der Waals surface area (Å²) in [7, 11) is 1.48. The number of amides is 1. The summed E-state index contributed by atoms with van der Waals surface area (Å²) in [6, 6.07) is 7.45. The summed E-state index contributed by atoms with van der Waals surface area (Å²) in [5, 5.41) is 7.78. The number of alkyl halides is 3. The quantitative estimate of drug-likeness (QED) is 0.601. The summed E-state index contributed by atoms with van der Waals surface area (Å²) in [5.41, 5.74) is -0.663. The number of carbonyl (C=O) groups is 1. The molecule has 0 aliphatic carbocycles. The Labute approximate surface area is 180 Å². The van der Waals surface area contributed by atoms with Crippen LogP contribution in [0.5, 0.6) is 0 Å². The predicted octanol–water partition coefficient (Wildman–Crippen LogP) is 1.81. The Balaban J connectivity index is 1.36. The van der Waals surface area contributed by atoms with E-state index in [0.29, 0.717) is 32.7 Å². The number of hydrogen-bond donors (Lipinski definition) is 0. The van der Waals surface area contributed by atoms with E-state index in [2.05, 4.69) is 15.2 Å². The van der Waals surface area contributed by atoms with Crippen LogP contribution >= 0.6 is 0 Å². The summed E-state index contributed by atoms with van der Waals surface area (Å²) < 4.78 is 45.1. The maximum absolute atomic E-state index is 12.9. The van der Waals surface area contributed by atoms with Gasteiger partial charge in [0.1, 0.15) is 5.69 Å². The normalized spacial score (nSPS) is 15.2. The minimum Gasteiger partial charge on any atom is -0.338 e. The zero-order valence-electron chi connectivity index (χ0n) is 17.0. The Kier molecular flexibility index (Phi) is 5.78. The lowest BCUT2D eigenvalue weighted by Crippen LogP contribution is -2.48. The SMILES string of the molecule is Cn1nc(C(=O)N2CCN(Cc3nc(-c4cccc(C(F)(F)F)c4)no3)CC2)ccc1=O. The Bertz CT molecular complexity index is 1180. The van der Waals surface area contributed by atoms with Gasteiger partial charge in [-0.2, -0.15) is 23.3 Å². The minimum atomic E-state index is -4.45. The standard InChI is InChI=1S/C20H19F3N6O3/c1-27-17(30)6-5-15(25-27)19(31)29-9-7-28(8-10-29)12-16-24-18(26-32-16)13-3-2-4-14(11-13)20(21,22)23/h2-6,11H,7-10,12H2,1H3. The molecule has 1 amide bonds. The fourth-order valence-corrected chi connectivity index (χ4v) is 3.35. The van der Waals surface area contributed by atoms with Crippen LogP contribution in [0.1, 0.15) is 21.9 Å². The van der Waals surface area contributed by atoms with Crippen LogP contribution in [0.25, 0.3) is 11.4 Å². The van der Waals surface area contributed by atoms with Crippen molar-refractivity contribution < 1.29 is 22.5 Å². The summed E-state index contributed by atoms with van der Waals surface area (Å²) in [5.74, 6) is 0.0995. The zero-order valence-corrected chi connectivity index (χ0v) is 17.0. The lowest BCUT2D eigenvalue weighted by Gasteiger charge is -2.33. The van der Waals surface area contributed by atoms with E-state index in [1.54, 1.807) is 4.90 Å². The fraction of sp³-hybridized carbons (Fsp3) is 0.350. The molecule has 1 aromatic carbocycles. The zero-order chi connectivity index (χ0) is 22.9. The summed E-state index contributed by atoms with van der Waals surface area (Å²) >= 11 is 0. The molecule has 2 aromatic heterocycles. The van der Waals surface area contributed by atoms with Crippen LogP contribution in [0.4, 0.5) is 13.2 Å². The van der Waals surface area contributed by atoms with Crippen LogP contribution in [-0.4, -0.2) is 61.8 Å². The van der Waals surface area contributed by atoms with E-state index in [-0.39, 0.29) is 34.4 Å². The Morgan fingerprint density at radius 1 is 1.12 bits per heavy atom. The second-order valence-corrected chi connectivity index (χ2v) is 7.34. The summed E-state index contributed by atoms with van der Waals surface area (Å²) in [6.07, 6.45) is -4.45. The van der Waals surface area contributed by atoms with Gasteiger partial charge in [-0.05, 0) is 18.2 Å². The minimum absolute atomic E-state index is 0.0840. The predicted molar refractivity (Wildman–Crippen MR) is 105 cm³/mol. The maximum Gasteiger partial charge on any atom is 0.416 e. The highest BCUT2D eigenvalue weighted by Crippen LogP contribution is 2.31. The average Bonchev–Trinajstić information content (AvgIpc) is 3.24. The number of halogens is 3. The van der Waals surface area contributed by atoms with Crippen molar-refractivity contribution in [1.82, 2.24) is 29.7 Å². The molecule has 3 heterocycles. The molecule has 1 aliphatic heterocycles. The van der Waals surface area contributed by atoms with E-state index < -0.39 is 11.7 Å². The molecule has 0 bridgehead atoms. The topological polar surface area (TPSA) is 97.4 Å². The average molecular weight is 448 g/mol. The third kappa shape index (κ3) is 4.69. The number of benzene rings is 1. The molecule has 0 spiro atoms. The van der Waals surface area contributed by atoms with Crippen molar-refractivity contribution in [2.45, 2.75) is 12.7 Å². The monoisotopic (exact) mass is 448 g/mol. The summed E-state index contributed by atoms with van der Waals surface area (Å²) in [6.45, 7) is 2.28. The van der Waals surface area contributed by atoms with Crippen LogP contribution in [0.3, 0.4) is 0 Å². The van der Waals surface area contributed by atoms with Crippen LogP contribution < -0.4 is 5.56 Å². The highest BCUT2D eigenvalue weighted by atomic mass is 19.4. The molecule has 3 aromatic rings. The van der Waals surface area contributed by atoms with Crippen molar-refractivity contribution >= 4 is 5.91 Å². The number of piperazine rings is 1. The fourth-order valence-electron chi connectivity index (χ4n) is 3.35. The second kappa shape index (κ2) is 8.54. The lowest BCUT2D eigenvalue weighted by atomic mass is 10.1. The first-order valence-corrected chi connectivity index (χ1v) is 9.77. The van der Waals surface area contributed by atoms with Gasteiger partial charge in [0, 0.05) is 44.9 Å². The molecule has 0 radical (unpaired) electrons. The van der Waals surface area contributed by atoms with Crippen LogP contribution in [0, 0.1) is 0 Å². The molecule has 1 saturated heterocycles. The Morgan fingerprint density at radius 3 is 2.56 bits per heavy atom. The number of aromatic nitrogens is 4. The van der Waals surface area contributed by atoms with Gasteiger partial charge >= 0.3 is 6.18 Å². The second-order valence-electron chi connectivity index (χ2n) is 7.34. The first-order valence-electron chi connectivity index (χ1n) is 9.77. The van der Waals surface area contributed by atoms with Gasteiger partial charge in [-0.1, -0.05) is 17.3 Å². The van der Waals surface area contributed by atoms with E-state index in [9.17, 15) is 22.8 Å². The number of rotatable bonds is 4. The lowest BCUT2D eigenvalue weighted by molar-refractivity contribution is -0.137. The Hall–Kier alpha value is -3.54. The van der Waals surface area contributed by atoms with E-state index in [1.807, 2.05) is 4.90 Å². The third-order valence-corrected chi connectivity index (χ3v) is 5.11. The molecule has 9 nitrogen and oxygen atoms in total. The van der Waals surface area contributed by atoms with E-state index >= 15 is 0 Å². The molecular weight excluding hydrogens is 429 g/mol. The van der Waals surface area contributed by atoms with Crippen molar-refractivity contribution in [1.29, 1.82) is 0 Å². The van der Waals surface area contributed by atoms with Gasteiger partial charge in [0.05, 0.1) is 12.1 Å². The largest absolute Gasteiger partial charge is 0.416 e. The molecule has 0 N–H and O–H groups in total. The summed E-state index contributed by atoms with van der Waals surface area (Å²) in [4.78, 5) is 31.9. The van der Waals surface area contributed by atoms with Crippen LogP contribution in [-0.2, 0) is 19.8 Å². The molecule has 0 unspecified atom stereocenters. The number of hydrogen-bond acceptors (Lipinski definition) is 7. The smallest absolute Gasteiger partial charge is 0.338 e. The first-order chi connectivity index (χ1) is 15.2. The molecule has 0 atom stereocenters. The van der Waals surface area contributed by atoms with Crippen molar-refractivity contribution in [2.24, 2.45) is 7.05 Å². The number of nitrogens with zero attached hydrogens (tertiary/aromatic N) is 6. The first kappa shape index (κ1) is 21.7. The van der Waals surface area contributed by atoms with Gasteiger partial charge in [0.15, 0.2) is 0 Å². The van der Waals surface area contributed by atoms with E-state index in [4.69, 9.17) is 4.52 Å². The van der Waals surface area contributed by atoms with Gasteiger partial charge in [-0.3, -0.25) is 14.5 Å². The number of carbonyl (C=O) groups excluding carboxylic acids is 1. The third-order valence-electron chi connectivity index (χ3n) is 5.11. The van der Waals surface area contributed by atoms with Gasteiger partial charge in [0.25, 0.3) is 11.5 Å².